The lowest BCUT2D eigenvalue weighted by molar-refractivity contribution is -0.152. The first kappa shape index (κ1) is 12.7. The summed E-state index contributed by atoms with van der Waals surface area (Å²) in [5.74, 6) is -0.492. The number of hydrogen-bond acceptors (Lipinski definition) is 3. The van der Waals surface area contributed by atoms with Crippen molar-refractivity contribution in [2.45, 2.75) is 12.5 Å². The predicted octanol–water partition coefficient (Wildman–Crippen LogP) is 1.52. The average molecular weight is 269 g/mol. The Balaban J connectivity index is 2.42. The molecule has 2 rings (SSSR count). The topological polar surface area (TPSA) is 58.6 Å². The number of nitrogens with one attached hydrogen (secondary N) is 1. The molecule has 0 bridgehead atoms. The normalized spacial score (nSPS) is 21.7. The van der Waals surface area contributed by atoms with E-state index in [-0.39, 0.29) is 0 Å². The Labute approximate surface area is 110 Å². The van der Waals surface area contributed by atoms with Crippen molar-refractivity contribution in [3.8, 4) is 5.75 Å². The van der Waals surface area contributed by atoms with Crippen LogP contribution >= 0.6 is 11.6 Å². The van der Waals surface area contributed by atoms with Gasteiger partial charge < -0.3 is 15.0 Å². The molecule has 0 radical (unpaired) electrons. The molecule has 1 aromatic rings. The number of carbonyl (C=O) groups is 2. The number of ether oxygens (including phenoxy) is 1. The Kier molecular flexibility index (Phi) is 2.94. The van der Waals surface area contributed by atoms with E-state index in [9.17, 15) is 9.59 Å². The lowest BCUT2D eigenvalue weighted by Crippen LogP contribution is -2.58. The summed E-state index contributed by atoms with van der Waals surface area (Å²) in [7, 11) is 3.14. The fourth-order valence-corrected chi connectivity index (χ4v) is 1.94. The van der Waals surface area contributed by atoms with Crippen LogP contribution in [0.15, 0.2) is 18.2 Å². The van der Waals surface area contributed by atoms with Crippen LogP contribution in [-0.2, 0) is 9.59 Å². The SMILES string of the molecule is CN(C)C(=O)C1(C)Oc2ccc(Cl)cc2NC1=O. The summed E-state index contributed by atoms with van der Waals surface area (Å²) < 4.78 is 5.55. The molecule has 0 spiro atoms. The maximum atomic E-state index is 12.0. The minimum absolute atomic E-state index is 0.416. The van der Waals surface area contributed by atoms with E-state index >= 15 is 0 Å². The fraction of sp³-hybridized carbons (Fsp3) is 0.333. The van der Waals surface area contributed by atoms with Gasteiger partial charge in [0.25, 0.3) is 17.4 Å². The number of likely N-dealkylation sites (N-methyl/N-ethyl adjacent to an activating group) is 1. The molecular formula is C12H13ClN2O3. The smallest absolute Gasteiger partial charge is 0.278 e. The number of fused-ring (bicyclic) bond motifs is 1. The Morgan fingerprint density at radius 3 is 2.72 bits per heavy atom. The second-order valence-corrected chi connectivity index (χ2v) is 4.87. The molecule has 0 fully saturated rings. The second kappa shape index (κ2) is 4.17. The maximum Gasteiger partial charge on any atom is 0.278 e. The van der Waals surface area contributed by atoms with E-state index in [1.807, 2.05) is 0 Å². The summed E-state index contributed by atoms with van der Waals surface area (Å²) in [4.78, 5) is 25.4. The molecule has 6 heteroatoms. The van der Waals surface area contributed by atoms with Gasteiger partial charge in [-0.2, -0.15) is 0 Å². The molecule has 18 heavy (non-hydrogen) atoms. The third-order valence-corrected chi connectivity index (χ3v) is 2.99. The van der Waals surface area contributed by atoms with Crippen LogP contribution in [0, 0.1) is 0 Å². The van der Waals surface area contributed by atoms with Gasteiger partial charge in [-0.05, 0) is 25.1 Å². The largest absolute Gasteiger partial charge is 0.466 e. The number of amides is 2. The molecule has 1 unspecified atom stereocenters. The number of carbonyl (C=O) groups excluding carboxylic acids is 2. The van der Waals surface area contributed by atoms with Gasteiger partial charge in [-0.1, -0.05) is 11.6 Å². The van der Waals surface area contributed by atoms with Crippen molar-refractivity contribution < 1.29 is 14.3 Å². The van der Waals surface area contributed by atoms with Crippen molar-refractivity contribution in [1.82, 2.24) is 4.90 Å². The lowest BCUT2D eigenvalue weighted by Gasteiger charge is -2.34. The van der Waals surface area contributed by atoms with Crippen molar-refractivity contribution >= 4 is 29.1 Å². The molecule has 1 heterocycles. The van der Waals surface area contributed by atoms with Gasteiger partial charge in [0.2, 0.25) is 0 Å². The molecule has 0 saturated heterocycles. The molecule has 1 aliphatic heterocycles. The van der Waals surface area contributed by atoms with E-state index in [1.165, 1.54) is 11.8 Å². The molecule has 2 amide bonds. The van der Waals surface area contributed by atoms with Gasteiger partial charge in [0.15, 0.2) is 0 Å². The van der Waals surface area contributed by atoms with Gasteiger partial charge in [0.1, 0.15) is 5.75 Å². The van der Waals surface area contributed by atoms with Crippen LogP contribution in [0.3, 0.4) is 0 Å². The first-order valence-corrected chi connectivity index (χ1v) is 5.74. The molecule has 0 aromatic heterocycles. The Hall–Kier alpha value is -1.75. The molecule has 96 valence electrons. The molecule has 0 aliphatic carbocycles. The third-order valence-electron chi connectivity index (χ3n) is 2.75. The van der Waals surface area contributed by atoms with Gasteiger partial charge in [-0.15, -0.1) is 0 Å². The summed E-state index contributed by atoms with van der Waals surface area (Å²) in [6.45, 7) is 1.45. The van der Waals surface area contributed by atoms with Gasteiger partial charge >= 0.3 is 0 Å². The number of anilines is 1. The standard InChI is InChI=1S/C12H13ClN2O3/c1-12(11(17)15(2)3)10(16)14-8-6-7(13)4-5-9(8)18-12/h4-6H,1-3H3,(H,14,16). The number of hydrogen-bond donors (Lipinski definition) is 1. The molecule has 1 N–H and O–H groups in total. The van der Waals surface area contributed by atoms with Gasteiger partial charge in [-0.3, -0.25) is 9.59 Å². The number of halogens is 1. The minimum Gasteiger partial charge on any atom is -0.466 e. The molecular weight excluding hydrogens is 256 g/mol. The van der Waals surface area contributed by atoms with Gasteiger partial charge in [-0.25, -0.2) is 0 Å². The monoisotopic (exact) mass is 268 g/mol. The van der Waals surface area contributed by atoms with E-state index in [0.717, 1.165) is 0 Å². The lowest BCUT2D eigenvalue weighted by atomic mass is 10.0. The summed E-state index contributed by atoms with van der Waals surface area (Å²) in [5, 5.41) is 3.12. The van der Waals surface area contributed by atoms with Crippen LogP contribution in [0.5, 0.6) is 5.75 Å². The van der Waals surface area contributed by atoms with E-state index < -0.39 is 17.4 Å². The highest BCUT2D eigenvalue weighted by Gasteiger charge is 2.48. The van der Waals surface area contributed by atoms with Crippen LogP contribution in [-0.4, -0.2) is 36.4 Å². The van der Waals surface area contributed by atoms with Crippen LogP contribution in [0.25, 0.3) is 0 Å². The molecule has 1 aromatic carbocycles. The van der Waals surface area contributed by atoms with E-state index in [4.69, 9.17) is 16.3 Å². The molecule has 1 atom stereocenters. The fourth-order valence-electron chi connectivity index (χ4n) is 1.76. The van der Waals surface area contributed by atoms with Crippen molar-refractivity contribution in [3.05, 3.63) is 23.2 Å². The summed E-state index contributed by atoms with van der Waals surface area (Å²) in [6, 6.07) is 4.84. The quantitative estimate of drug-likeness (QED) is 0.786. The highest BCUT2D eigenvalue weighted by Crippen LogP contribution is 2.35. The van der Waals surface area contributed by atoms with Crippen LogP contribution in [0.2, 0.25) is 5.02 Å². The number of benzene rings is 1. The molecule has 0 saturated carbocycles. The van der Waals surface area contributed by atoms with Crippen LogP contribution < -0.4 is 10.1 Å². The first-order chi connectivity index (χ1) is 8.34. The molecule has 1 aliphatic rings. The summed E-state index contributed by atoms with van der Waals surface area (Å²) in [6.07, 6.45) is 0. The van der Waals surface area contributed by atoms with Crippen molar-refractivity contribution in [3.63, 3.8) is 0 Å². The Morgan fingerprint density at radius 1 is 1.44 bits per heavy atom. The number of nitrogens with zero attached hydrogens (tertiary/aromatic N) is 1. The predicted molar refractivity (Wildman–Crippen MR) is 67.8 cm³/mol. The highest BCUT2D eigenvalue weighted by atomic mass is 35.5. The Bertz CT molecular complexity index is 530. The van der Waals surface area contributed by atoms with Crippen molar-refractivity contribution in [2.75, 3.05) is 19.4 Å². The zero-order valence-corrected chi connectivity index (χ0v) is 11.0. The average Bonchev–Trinajstić information content (AvgIpc) is 2.30. The van der Waals surface area contributed by atoms with E-state index in [2.05, 4.69) is 5.32 Å². The maximum absolute atomic E-state index is 12.0. The first-order valence-electron chi connectivity index (χ1n) is 5.36. The van der Waals surface area contributed by atoms with E-state index in [1.54, 1.807) is 32.3 Å². The zero-order valence-electron chi connectivity index (χ0n) is 10.3. The highest BCUT2D eigenvalue weighted by molar-refractivity contribution is 6.31. The van der Waals surface area contributed by atoms with Crippen LogP contribution in [0.1, 0.15) is 6.92 Å². The number of rotatable bonds is 1. The molecule has 5 nitrogen and oxygen atoms in total. The van der Waals surface area contributed by atoms with E-state index in [0.29, 0.717) is 16.5 Å². The Morgan fingerprint density at radius 2 is 2.11 bits per heavy atom. The summed E-state index contributed by atoms with van der Waals surface area (Å²) in [5.41, 5.74) is -1.08. The zero-order chi connectivity index (χ0) is 13.5. The summed E-state index contributed by atoms with van der Waals surface area (Å²) >= 11 is 5.83. The van der Waals surface area contributed by atoms with Gasteiger partial charge in [0.05, 0.1) is 5.69 Å². The van der Waals surface area contributed by atoms with Crippen LogP contribution in [0.4, 0.5) is 5.69 Å². The van der Waals surface area contributed by atoms with Crippen molar-refractivity contribution in [1.29, 1.82) is 0 Å². The van der Waals surface area contributed by atoms with Crippen molar-refractivity contribution in [2.24, 2.45) is 0 Å². The second-order valence-electron chi connectivity index (χ2n) is 4.43. The third kappa shape index (κ3) is 1.90. The minimum atomic E-state index is -1.55. The van der Waals surface area contributed by atoms with Gasteiger partial charge in [0, 0.05) is 19.1 Å².